The number of Topliss-reactive ketones (excluding diaryl/α,β-unsaturated/α-hetero) is 1. The summed E-state index contributed by atoms with van der Waals surface area (Å²) in [5, 5.41) is 21.4. The highest BCUT2D eigenvalue weighted by Crippen LogP contribution is 2.38. The molecule has 9 nitrogen and oxygen atoms in total. The van der Waals surface area contributed by atoms with Gasteiger partial charge in [-0.25, -0.2) is 4.79 Å². The first-order valence-corrected chi connectivity index (χ1v) is 15.3. The van der Waals surface area contributed by atoms with Gasteiger partial charge >= 0.3 is 5.69 Å². The molecular weight excluding hydrogens is 524 g/mol. The molecule has 192 valence electrons. The van der Waals surface area contributed by atoms with Gasteiger partial charge in [-0.3, -0.25) is 19.1 Å². The number of halogens is 1. The summed E-state index contributed by atoms with van der Waals surface area (Å²) >= 11 is 3.09. The van der Waals surface area contributed by atoms with Crippen LogP contribution in [0.2, 0.25) is 18.1 Å². The topological polar surface area (TPSA) is 131 Å². The number of aromatic amines is 1. The molecule has 0 saturated carbocycles. The zero-order valence-corrected chi connectivity index (χ0v) is 23.5. The van der Waals surface area contributed by atoms with Gasteiger partial charge in [-0.15, -0.1) is 0 Å². The fraction of sp³-hybridized carbons (Fsp3) is 0.696. The van der Waals surface area contributed by atoms with E-state index in [0.717, 1.165) is 4.57 Å². The van der Waals surface area contributed by atoms with Gasteiger partial charge in [-0.05, 0) is 41.5 Å². The quantitative estimate of drug-likeness (QED) is 0.395. The normalized spacial score (nSPS) is 23.6. The molecular formula is C23H37BrN2O7Si. The number of rotatable bonds is 9. The second kappa shape index (κ2) is 11.1. The molecule has 1 saturated heterocycles. The third kappa shape index (κ3) is 6.64. The molecule has 0 bridgehead atoms. The molecule has 0 radical (unpaired) electrons. The lowest BCUT2D eigenvalue weighted by Gasteiger charge is -2.40. The van der Waals surface area contributed by atoms with Crippen molar-refractivity contribution in [1.82, 2.24) is 9.55 Å². The molecule has 1 aromatic heterocycles. The molecule has 1 aliphatic heterocycles. The van der Waals surface area contributed by atoms with Crippen LogP contribution in [0.1, 0.15) is 59.3 Å². The molecule has 1 fully saturated rings. The number of carbonyl (C=O) groups excluding carboxylic acids is 1. The highest BCUT2D eigenvalue weighted by molar-refractivity contribution is 9.11. The van der Waals surface area contributed by atoms with E-state index in [9.17, 15) is 24.6 Å². The number of nitrogens with one attached hydrogen (secondary N) is 1. The fourth-order valence-electron chi connectivity index (χ4n) is 3.57. The van der Waals surface area contributed by atoms with Crippen molar-refractivity contribution >= 4 is 36.1 Å². The van der Waals surface area contributed by atoms with Gasteiger partial charge in [-0.1, -0.05) is 50.5 Å². The minimum atomic E-state index is -2.32. The second-order valence-corrected chi connectivity index (χ2v) is 16.0. The monoisotopic (exact) mass is 560 g/mol. The largest absolute Gasteiger partial charge is 0.407 e. The van der Waals surface area contributed by atoms with Crippen molar-refractivity contribution in [2.75, 3.05) is 0 Å². The van der Waals surface area contributed by atoms with Crippen molar-refractivity contribution in [3.63, 3.8) is 0 Å². The lowest BCUT2D eigenvalue weighted by Crippen LogP contribution is -2.51. The first-order chi connectivity index (χ1) is 15.6. The maximum Gasteiger partial charge on any atom is 0.330 e. The summed E-state index contributed by atoms with van der Waals surface area (Å²) < 4.78 is 13.3. The standard InChI is InChI=1S/C23H37BrN2O7Si/c1-13(2)10-16(33-34(6,7)23(3,4)5)18(28)19(29)20-15(27)11-17(32-20)26-12-14(8-9-24)21(30)25-22(26)31/h8-9,12-13,15-17,19-20,27,29H,10-11H2,1-7H3,(H,25,30,31)/b9-8+/t15-,16?,17+,19?,20-/m0/s1. The summed E-state index contributed by atoms with van der Waals surface area (Å²) in [6.45, 7) is 14.2. The SMILES string of the molecule is CC(C)CC(O[Si](C)(C)C(C)(C)C)C(=O)C(O)[C@H]1O[C@@H](n2cc(/C=C/Br)c(=O)[nH]c2=O)C[C@@H]1O. The van der Waals surface area contributed by atoms with E-state index in [1.807, 2.05) is 26.9 Å². The summed E-state index contributed by atoms with van der Waals surface area (Å²) in [4.78, 5) is 41.3. The van der Waals surface area contributed by atoms with Crippen LogP contribution in [0, 0.1) is 5.92 Å². The average molecular weight is 562 g/mol. The number of H-pyrrole nitrogens is 1. The Morgan fingerprint density at radius 2 is 2.00 bits per heavy atom. The van der Waals surface area contributed by atoms with Gasteiger partial charge in [0.2, 0.25) is 0 Å². The van der Waals surface area contributed by atoms with Crippen molar-refractivity contribution < 1.29 is 24.2 Å². The van der Waals surface area contributed by atoms with Gasteiger partial charge in [0.05, 0.1) is 11.7 Å². The van der Waals surface area contributed by atoms with E-state index in [1.165, 1.54) is 17.3 Å². The lowest BCUT2D eigenvalue weighted by molar-refractivity contribution is -0.149. The van der Waals surface area contributed by atoms with Gasteiger partial charge in [-0.2, -0.15) is 0 Å². The van der Waals surface area contributed by atoms with Crippen molar-refractivity contribution in [3.05, 3.63) is 37.6 Å². The minimum absolute atomic E-state index is 0.0314. The van der Waals surface area contributed by atoms with Gasteiger partial charge in [0.15, 0.2) is 14.1 Å². The zero-order chi connectivity index (χ0) is 26.0. The van der Waals surface area contributed by atoms with Gasteiger partial charge in [0, 0.05) is 12.6 Å². The van der Waals surface area contributed by atoms with Crippen LogP contribution >= 0.6 is 15.9 Å². The van der Waals surface area contributed by atoms with Crippen molar-refractivity contribution in [3.8, 4) is 0 Å². The molecule has 0 aliphatic carbocycles. The number of nitrogens with zero attached hydrogens (tertiary/aromatic N) is 1. The fourth-order valence-corrected chi connectivity index (χ4v) is 5.13. The van der Waals surface area contributed by atoms with Crippen LogP contribution < -0.4 is 11.2 Å². The highest BCUT2D eigenvalue weighted by Gasteiger charge is 2.47. The molecule has 0 amide bonds. The Labute approximate surface area is 209 Å². The van der Waals surface area contributed by atoms with Crippen LogP contribution in [0.3, 0.4) is 0 Å². The van der Waals surface area contributed by atoms with Crippen LogP contribution in [0.4, 0.5) is 0 Å². The Kier molecular flexibility index (Phi) is 9.45. The van der Waals surface area contributed by atoms with E-state index in [1.54, 1.807) is 0 Å². The molecule has 11 heteroatoms. The lowest BCUT2D eigenvalue weighted by atomic mass is 9.96. The minimum Gasteiger partial charge on any atom is -0.407 e. The Bertz CT molecular complexity index is 1010. The van der Waals surface area contributed by atoms with E-state index < -0.39 is 56.0 Å². The zero-order valence-electron chi connectivity index (χ0n) is 20.9. The molecule has 0 spiro atoms. The summed E-state index contributed by atoms with van der Waals surface area (Å²) in [5.74, 6) is -0.395. The molecule has 5 atom stereocenters. The predicted molar refractivity (Wildman–Crippen MR) is 136 cm³/mol. The third-order valence-electron chi connectivity index (χ3n) is 6.53. The maximum absolute atomic E-state index is 13.3. The summed E-state index contributed by atoms with van der Waals surface area (Å²) in [6.07, 6.45) is -2.67. The summed E-state index contributed by atoms with van der Waals surface area (Å²) in [5.41, 5.74) is -1.08. The van der Waals surface area contributed by atoms with Crippen LogP contribution in [0.25, 0.3) is 6.08 Å². The Balaban J connectivity index is 2.28. The van der Waals surface area contributed by atoms with Crippen molar-refractivity contribution in [2.24, 2.45) is 5.92 Å². The summed E-state index contributed by atoms with van der Waals surface area (Å²) in [7, 11) is -2.32. The first-order valence-electron chi connectivity index (χ1n) is 11.4. The highest BCUT2D eigenvalue weighted by atomic mass is 79.9. The number of hydrogen-bond donors (Lipinski definition) is 3. The number of aliphatic hydroxyl groups is 2. The van der Waals surface area contributed by atoms with Gasteiger partial charge in [0.1, 0.15) is 24.5 Å². The van der Waals surface area contributed by atoms with E-state index in [-0.39, 0.29) is 22.9 Å². The molecule has 1 aliphatic rings. The van der Waals surface area contributed by atoms with Crippen LogP contribution in [-0.4, -0.2) is 58.3 Å². The van der Waals surface area contributed by atoms with E-state index >= 15 is 0 Å². The maximum atomic E-state index is 13.3. The molecule has 1 aromatic rings. The van der Waals surface area contributed by atoms with E-state index in [2.05, 4.69) is 41.7 Å². The number of aliphatic hydroxyl groups excluding tert-OH is 2. The molecule has 34 heavy (non-hydrogen) atoms. The van der Waals surface area contributed by atoms with Crippen LogP contribution in [0.15, 0.2) is 20.8 Å². The number of ether oxygens (including phenoxy) is 1. The number of aromatic nitrogens is 2. The summed E-state index contributed by atoms with van der Waals surface area (Å²) in [6, 6.07) is 0. The number of hydrogen-bond acceptors (Lipinski definition) is 7. The molecule has 2 rings (SSSR count). The van der Waals surface area contributed by atoms with Gasteiger partial charge < -0.3 is 19.4 Å². The Hall–Kier alpha value is -1.37. The smallest absolute Gasteiger partial charge is 0.330 e. The molecule has 2 unspecified atom stereocenters. The van der Waals surface area contributed by atoms with E-state index in [4.69, 9.17) is 9.16 Å². The predicted octanol–water partition coefficient (Wildman–Crippen LogP) is 2.92. The molecule has 0 aromatic carbocycles. The van der Waals surface area contributed by atoms with E-state index in [0.29, 0.717) is 6.42 Å². The van der Waals surface area contributed by atoms with Crippen LogP contribution in [0.5, 0.6) is 0 Å². The molecule has 3 N–H and O–H groups in total. The Morgan fingerprint density at radius 3 is 2.53 bits per heavy atom. The van der Waals surface area contributed by atoms with Crippen molar-refractivity contribution in [2.45, 2.75) is 96.2 Å². The van der Waals surface area contributed by atoms with Crippen molar-refractivity contribution in [1.29, 1.82) is 0 Å². The molecule has 2 heterocycles. The van der Waals surface area contributed by atoms with Crippen LogP contribution in [-0.2, 0) is 14.0 Å². The number of ketones is 1. The number of carbonyl (C=O) groups is 1. The first kappa shape index (κ1) is 28.9. The second-order valence-electron chi connectivity index (χ2n) is 10.7. The Morgan fingerprint density at radius 1 is 1.38 bits per heavy atom. The third-order valence-corrected chi connectivity index (χ3v) is 11.3. The van der Waals surface area contributed by atoms with Gasteiger partial charge in [0.25, 0.3) is 5.56 Å². The average Bonchev–Trinajstić information content (AvgIpc) is 3.08.